The Labute approximate surface area is 156 Å². The molecule has 1 aliphatic heterocycles. The van der Waals surface area contributed by atoms with Crippen LogP contribution in [0.15, 0.2) is 21.5 Å². The molecule has 1 heterocycles. The number of benzene rings is 1. The van der Waals surface area contributed by atoms with Crippen molar-refractivity contribution in [1.82, 2.24) is 4.90 Å². The van der Waals surface area contributed by atoms with Crippen molar-refractivity contribution in [2.45, 2.75) is 6.92 Å². The number of aromatic hydroxyl groups is 1. The van der Waals surface area contributed by atoms with Crippen LogP contribution < -0.4 is 4.74 Å². The van der Waals surface area contributed by atoms with Crippen LogP contribution in [0.5, 0.6) is 11.5 Å². The Kier molecular flexibility index (Phi) is 6.25. The summed E-state index contributed by atoms with van der Waals surface area (Å²) in [6.45, 7) is 1.98. The first-order valence-corrected chi connectivity index (χ1v) is 8.86. The molecule has 9 heteroatoms. The molecule has 1 amide bonds. The maximum absolute atomic E-state index is 12.4. The third-order valence-electron chi connectivity index (χ3n) is 3.04. The van der Waals surface area contributed by atoms with Gasteiger partial charge >= 0.3 is 5.97 Å². The highest BCUT2D eigenvalue weighted by molar-refractivity contribution is 9.10. The molecule has 0 aromatic heterocycles. The number of nitrogens with zero attached hydrogens (tertiary/aromatic N) is 1. The van der Waals surface area contributed by atoms with Gasteiger partial charge in [-0.3, -0.25) is 14.5 Å². The molecule has 0 radical (unpaired) electrons. The smallest absolute Gasteiger partial charge is 0.325 e. The summed E-state index contributed by atoms with van der Waals surface area (Å²) < 4.78 is 10.7. The normalized spacial score (nSPS) is 16.0. The third kappa shape index (κ3) is 4.08. The van der Waals surface area contributed by atoms with Gasteiger partial charge in [-0.25, -0.2) is 0 Å². The van der Waals surface area contributed by atoms with Crippen molar-refractivity contribution >= 4 is 62.2 Å². The molecule has 1 N–H and O–H groups in total. The lowest BCUT2D eigenvalue weighted by atomic mass is 10.2. The summed E-state index contributed by atoms with van der Waals surface area (Å²) in [5.41, 5.74) is 0.654. The third-order valence-corrected chi connectivity index (χ3v) is 5.02. The number of hydrogen-bond acceptors (Lipinski definition) is 7. The van der Waals surface area contributed by atoms with E-state index in [1.807, 2.05) is 0 Å². The molecule has 24 heavy (non-hydrogen) atoms. The summed E-state index contributed by atoms with van der Waals surface area (Å²) in [6, 6.07) is 3.28. The second kappa shape index (κ2) is 8.00. The van der Waals surface area contributed by atoms with E-state index < -0.39 is 5.97 Å². The minimum absolute atomic E-state index is 0.00719. The summed E-state index contributed by atoms with van der Waals surface area (Å²) in [6.07, 6.45) is 1.63. The zero-order valence-electron chi connectivity index (χ0n) is 12.9. The van der Waals surface area contributed by atoms with E-state index in [2.05, 4.69) is 20.7 Å². The van der Waals surface area contributed by atoms with Gasteiger partial charge in [-0.05, 0) is 46.6 Å². The van der Waals surface area contributed by atoms with Gasteiger partial charge in [0.2, 0.25) is 0 Å². The van der Waals surface area contributed by atoms with Crippen molar-refractivity contribution in [1.29, 1.82) is 0 Å². The number of halogens is 1. The standard InChI is InChI=1S/C15H14BrNO5S2/c1-3-22-10-5-8(4-9(16)13(10)19)6-11-14(20)17(15(23)24-11)7-12(18)21-2/h4-6,19H,3,7H2,1-2H3/b11-6-. The topological polar surface area (TPSA) is 76.1 Å². The predicted molar refractivity (Wildman–Crippen MR) is 98.9 cm³/mol. The van der Waals surface area contributed by atoms with Gasteiger partial charge in [-0.2, -0.15) is 0 Å². The van der Waals surface area contributed by atoms with Crippen LogP contribution in [0.4, 0.5) is 0 Å². The number of thiocarbonyl (C=S) groups is 1. The largest absolute Gasteiger partial charge is 0.503 e. The van der Waals surface area contributed by atoms with Gasteiger partial charge in [-0.1, -0.05) is 24.0 Å². The SMILES string of the molecule is CCOc1cc(/C=C2\SC(=S)N(CC(=O)OC)C2=O)cc(Br)c1O. The maximum Gasteiger partial charge on any atom is 0.325 e. The molecule has 1 saturated heterocycles. The number of rotatable bonds is 5. The van der Waals surface area contributed by atoms with Crippen molar-refractivity contribution in [3.8, 4) is 11.5 Å². The summed E-state index contributed by atoms with van der Waals surface area (Å²) in [4.78, 5) is 25.3. The van der Waals surface area contributed by atoms with E-state index >= 15 is 0 Å². The van der Waals surface area contributed by atoms with E-state index in [9.17, 15) is 14.7 Å². The summed E-state index contributed by atoms with van der Waals surface area (Å²) >= 11 is 9.49. The first kappa shape index (κ1) is 18.8. The van der Waals surface area contributed by atoms with Crippen molar-refractivity contribution < 1.29 is 24.2 Å². The number of methoxy groups -OCH3 is 1. The summed E-state index contributed by atoms with van der Waals surface area (Å²) in [5, 5.41) is 9.93. The Hall–Kier alpha value is -1.58. The van der Waals surface area contributed by atoms with Crippen molar-refractivity contribution in [3.05, 3.63) is 27.1 Å². The lowest BCUT2D eigenvalue weighted by Crippen LogP contribution is -2.33. The van der Waals surface area contributed by atoms with Gasteiger partial charge in [-0.15, -0.1) is 0 Å². The molecule has 1 aliphatic rings. The molecular weight excluding hydrogens is 418 g/mol. The molecular formula is C15H14BrNO5S2. The molecule has 0 saturated carbocycles. The van der Waals surface area contributed by atoms with Crippen molar-refractivity contribution in [2.24, 2.45) is 0 Å². The molecule has 128 valence electrons. The van der Waals surface area contributed by atoms with Crippen LogP contribution in [-0.2, 0) is 14.3 Å². The van der Waals surface area contributed by atoms with Crippen molar-refractivity contribution in [2.75, 3.05) is 20.3 Å². The van der Waals surface area contributed by atoms with Crippen LogP contribution in [0.25, 0.3) is 6.08 Å². The minimum atomic E-state index is -0.543. The lowest BCUT2D eigenvalue weighted by molar-refractivity contribution is -0.143. The van der Waals surface area contributed by atoms with E-state index in [4.69, 9.17) is 17.0 Å². The van der Waals surface area contributed by atoms with Gasteiger partial charge in [0, 0.05) is 0 Å². The second-order valence-electron chi connectivity index (χ2n) is 4.63. The summed E-state index contributed by atoms with van der Waals surface area (Å²) in [7, 11) is 1.25. The molecule has 1 fully saturated rings. The molecule has 2 rings (SSSR count). The molecule has 0 spiro atoms. The van der Waals surface area contributed by atoms with Crippen molar-refractivity contribution in [3.63, 3.8) is 0 Å². The highest BCUT2D eigenvalue weighted by Gasteiger charge is 2.33. The quantitative estimate of drug-likeness (QED) is 0.436. The molecule has 0 aliphatic carbocycles. The molecule has 1 aromatic carbocycles. The van der Waals surface area contributed by atoms with E-state index in [-0.39, 0.29) is 18.2 Å². The monoisotopic (exact) mass is 431 g/mol. The Morgan fingerprint density at radius 2 is 2.21 bits per heavy atom. The highest BCUT2D eigenvalue weighted by Crippen LogP contribution is 2.38. The van der Waals surface area contributed by atoms with Crippen LogP contribution >= 0.6 is 39.9 Å². The van der Waals surface area contributed by atoms with Crippen LogP contribution in [0.2, 0.25) is 0 Å². The maximum atomic E-state index is 12.4. The number of thioether (sulfide) groups is 1. The number of hydrogen-bond donors (Lipinski definition) is 1. The Bertz CT molecular complexity index is 735. The molecule has 6 nitrogen and oxygen atoms in total. The Morgan fingerprint density at radius 1 is 1.50 bits per heavy atom. The number of phenols is 1. The fourth-order valence-corrected chi connectivity index (χ4v) is 3.64. The lowest BCUT2D eigenvalue weighted by Gasteiger charge is -2.12. The van der Waals surface area contributed by atoms with E-state index in [1.165, 1.54) is 12.0 Å². The molecule has 0 unspecified atom stereocenters. The fraction of sp³-hybridized carbons (Fsp3) is 0.267. The number of phenolic OH excluding ortho intramolecular Hbond substituents is 1. The number of carbonyl (C=O) groups is 2. The molecule has 0 bridgehead atoms. The molecule has 0 atom stereocenters. The Morgan fingerprint density at radius 3 is 2.83 bits per heavy atom. The van der Waals surface area contributed by atoms with Crippen LogP contribution in [0, 0.1) is 0 Å². The fourth-order valence-electron chi connectivity index (χ4n) is 1.92. The Balaban J connectivity index is 2.30. The zero-order valence-corrected chi connectivity index (χ0v) is 16.1. The number of esters is 1. The average molecular weight is 432 g/mol. The van der Waals surface area contributed by atoms with E-state index in [1.54, 1.807) is 25.1 Å². The second-order valence-corrected chi connectivity index (χ2v) is 7.16. The van der Waals surface area contributed by atoms with Crippen LogP contribution in [0.3, 0.4) is 0 Å². The van der Waals surface area contributed by atoms with Gasteiger partial charge in [0.05, 0.1) is 23.1 Å². The number of ether oxygens (including phenoxy) is 2. The average Bonchev–Trinajstić information content (AvgIpc) is 2.79. The number of amides is 1. The van der Waals surface area contributed by atoms with Gasteiger partial charge in [0.15, 0.2) is 11.5 Å². The van der Waals surface area contributed by atoms with Gasteiger partial charge < -0.3 is 14.6 Å². The molecule has 1 aromatic rings. The summed E-state index contributed by atoms with van der Waals surface area (Å²) in [5.74, 6) is -0.605. The van der Waals surface area contributed by atoms with Gasteiger partial charge in [0.25, 0.3) is 5.91 Å². The number of carbonyl (C=O) groups excluding carboxylic acids is 2. The first-order valence-electron chi connectivity index (χ1n) is 6.84. The van der Waals surface area contributed by atoms with Crippen LogP contribution in [-0.4, -0.2) is 46.5 Å². The van der Waals surface area contributed by atoms with Gasteiger partial charge in [0.1, 0.15) is 10.9 Å². The highest BCUT2D eigenvalue weighted by atomic mass is 79.9. The van der Waals surface area contributed by atoms with Crippen LogP contribution in [0.1, 0.15) is 12.5 Å². The van der Waals surface area contributed by atoms with E-state index in [0.29, 0.717) is 31.6 Å². The first-order chi connectivity index (χ1) is 11.4. The predicted octanol–water partition coefficient (Wildman–Crippen LogP) is 2.93. The zero-order chi connectivity index (χ0) is 17.9. The van der Waals surface area contributed by atoms with E-state index in [0.717, 1.165) is 11.8 Å². The minimum Gasteiger partial charge on any atom is -0.503 e.